The zero-order valence-electron chi connectivity index (χ0n) is 10.5. The molecule has 0 fully saturated rings. The molecule has 2 aromatic rings. The lowest BCUT2D eigenvalue weighted by atomic mass is 10.0. The summed E-state index contributed by atoms with van der Waals surface area (Å²) in [5.41, 5.74) is 3.95. The van der Waals surface area contributed by atoms with Crippen LogP contribution in [0.25, 0.3) is 0 Å². The highest BCUT2D eigenvalue weighted by molar-refractivity contribution is 14.1. The first-order valence-corrected chi connectivity index (χ1v) is 7.10. The van der Waals surface area contributed by atoms with E-state index in [9.17, 15) is 4.79 Å². The summed E-state index contributed by atoms with van der Waals surface area (Å²) in [6.45, 7) is 4.14. The first-order valence-electron chi connectivity index (χ1n) is 6.02. The molecule has 0 unspecified atom stereocenters. The number of carbonyl (C=O) groups excluding carboxylic acids is 1. The van der Waals surface area contributed by atoms with Crippen molar-refractivity contribution >= 4 is 28.4 Å². The van der Waals surface area contributed by atoms with E-state index >= 15 is 0 Å². The minimum Gasteiger partial charge on any atom is -0.289 e. The number of benzene rings is 2. The Hall–Kier alpha value is -1.16. The molecule has 0 spiro atoms. The van der Waals surface area contributed by atoms with Crippen molar-refractivity contribution in [2.75, 3.05) is 0 Å². The largest absolute Gasteiger partial charge is 0.289 e. The van der Waals surface area contributed by atoms with Gasteiger partial charge in [-0.05, 0) is 53.1 Å². The Morgan fingerprint density at radius 2 is 1.78 bits per heavy atom. The van der Waals surface area contributed by atoms with Gasteiger partial charge in [-0.15, -0.1) is 0 Å². The lowest BCUT2D eigenvalue weighted by Gasteiger charge is -2.07. The van der Waals surface area contributed by atoms with E-state index in [4.69, 9.17) is 0 Å². The molecule has 0 saturated heterocycles. The van der Waals surface area contributed by atoms with Crippen LogP contribution in [0.2, 0.25) is 0 Å². The number of ketones is 1. The van der Waals surface area contributed by atoms with E-state index < -0.39 is 0 Å². The normalized spacial score (nSPS) is 10.4. The average Bonchev–Trinajstić information content (AvgIpc) is 2.41. The molecule has 0 amide bonds. The molecule has 18 heavy (non-hydrogen) atoms. The third-order valence-electron chi connectivity index (χ3n) is 3.06. The summed E-state index contributed by atoms with van der Waals surface area (Å²) in [5.74, 6) is 0.103. The number of hydrogen-bond donors (Lipinski definition) is 0. The fourth-order valence-electron chi connectivity index (χ4n) is 1.87. The number of carbonyl (C=O) groups is 1. The van der Waals surface area contributed by atoms with Crippen LogP contribution in [0.3, 0.4) is 0 Å². The first kappa shape index (κ1) is 13.3. The molecule has 2 rings (SSSR count). The molecule has 0 bridgehead atoms. The highest BCUT2D eigenvalue weighted by Crippen LogP contribution is 2.20. The summed E-state index contributed by atoms with van der Waals surface area (Å²) in [5, 5.41) is 0. The molecule has 0 heterocycles. The summed E-state index contributed by atoms with van der Waals surface area (Å²) < 4.78 is 1.04. The molecule has 0 aliphatic rings. The van der Waals surface area contributed by atoms with E-state index in [2.05, 4.69) is 29.5 Å². The number of aryl methyl sites for hydroxylation is 2. The maximum atomic E-state index is 12.4. The molecule has 0 atom stereocenters. The van der Waals surface area contributed by atoms with E-state index in [1.807, 2.05) is 49.4 Å². The summed E-state index contributed by atoms with van der Waals surface area (Å²) in [6, 6.07) is 13.7. The van der Waals surface area contributed by atoms with Gasteiger partial charge >= 0.3 is 0 Å². The highest BCUT2D eigenvalue weighted by atomic mass is 127. The van der Waals surface area contributed by atoms with Gasteiger partial charge < -0.3 is 0 Å². The van der Waals surface area contributed by atoms with E-state index in [0.29, 0.717) is 0 Å². The van der Waals surface area contributed by atoms with Crippen molar-refractivity contribution in [3.63, 3.8) is 0 Å². The van der Waals surface area contributed by atoms with Gasteiger partial charge in [0.05, 0.1) is 0 Å². The Morgan fingerprint density at radius 3 is 2.39 bits per heavy atom. The third-order valence-corrected chi connectivity index (χ3v) is 4.49. The lowest BCUT2D eigenvalue weighted by Crippen LogP contribution is -2.04. The second kappa shape index (κ2) is 5.65. The van der Waals surface area contributed by atoms with E-state index in [-0.39, 0.29) is 5.78 Å². The molecule has 2 heteroatoms. The van der Waals surface area contributed by atoms with Crippen LogP contribution in [0, 0.1) is 10.5 Å². The van der Waals surface area contributed by atoms with E-state index in [0.717, 1.165) is 26.7 Å². The van der Waals surface area contributed by atoms with Crippen molar-refractivity contribution in [2.45, 2.75) is 20.3 Å². The Balaban J connectivity index is 2.38. The summed E-state index contributed by atoms with van der Waals surface area (Å²) in [4.78, 5) is 12.4. The van der Waals surface area contributed by atoms with Crippen molar-refractivity contribution in [3.05, 3.63) is 68.3 Å². The fourth-order valence-corrected chi connectivity index (χ4v) is 2.47. The highest BCUT2D eigenvalue weighted by Gasteiger charge is 2.13. The van der Waals surface area contributed by atoms with Crippen LogP contribution in [0.4, 0.5) is 0 Å². The molecule has 2 aromatic carbocycles. The Bertz CT molecular complexity index is 570. The van der Waals surface area contributed by atoms with Crippen LogP contribution in [-0.4, -0.2) is 5.78 Å². The maximum Gasteiger partial charge on any atom is 0.194 e. The van der Waals surface area contributed by atoms with Gasteiger partial charge in [0, 0.05) is 14.7 Å². The van der Waals surface area contributed by atoms with Gasteiger partial charge in [0.1, 0.15) is 0 Å². The molecule has 0 aliphatic carbocycles. The second-order valence-electron chi connectivity index (χ2n) is 4.32. The maximum absolute atomic E-state index is 12.4. The zero-order valence-corrected chi connectivity index (χ0v) is 12.7. The number of halogens is 1. The van der Waals surface area contributed by atoms with E-state index in [1.165, 1.54) is 5.56 Å². The molecule has 0 saturated carbocycles. The molecule has 0 radical (unpaired) electrons. The van der Waals surface area contributed by atoms with Gasteiger partial charge in [-0.25, -0.2) is 0 Å². The van der Waals surface area contributed by atoms with E-state index in [1.54, 1.807) is 0 Å². The molecular weight excluding hydrogens is 335 g/mol. The van der Waals surface area contributed by atoms with Gasteiger partial charge in [0.2, 0.25) is 0 Å². The van der Waals surface area contributed by atoms with Gasteiger partial charge in [-0.3, -0.25) is 4.79 Å². The summed E-state index contributed by atoms with van der Waals surface area (Å²) in [7, 11) is 0. The fraction of sp³-hybridized carbons (Fsp3) is 0.188. The van der Waals surface area contributed by atoms with Crippen molar-refractivity contribution in [1.29, 1.82) is 0 Å². The standard InChI is InChI=1S/C16H15IO/c1-3-12-7-9-13(10-8-12)16(18)14-6-4-5-11(2)15(14)17/h4-10H,3H2,1-2H3. The van der Waals surface area contributed by atoms with Crippen LogP contribution in [0.15, 0.2) is 42.5 Å². The molecule has 92 valence electrons. The third kappa shape index (κ3) is 2.64. The predicted molar refractivity (Wildman–Crippen MR) is 83.1 cm³/mol. The van der Waals surface area contributed by atoms with Crippen LogP contribution in [-0.2, 0) is 6.42 Å². The van der Waals surface area contributed by atoms with Gasteiger partial charge in [0.25, 0.3) is 0 Å². The zero-order chi connectivity index (χ0) is 13.1. The average molecular weight is 350 g/mol. The molecular formula is C16H15IO. The summed E-state index contributed by atoms with van der Waals surface area (Å²) in [6.07, 6.45) is 0.996. The first-order chi connectivity index (χ1) is 8.63. The number of hydrogen-bond acceptors (Lipinski definition) is 1. The monoisotopic (exact) mass is 350 g/mol. The molecule has 0 N–H and O–H groups in total. The van der Waals surface area contributed by atoms with Gasteiger partial charge in [-0.1, -0.05) is 43.3 Å². The van der Waals surface area contributed by atoms with Crippen molar-refractivity contribution in [3.8, 4) is 0 Å². The van der Waals surface area contributed by atoms with Crippen molar-refractivity contribution < 1.29 is 4.79 Å². The van der Waals surface area contributed by atoms with Gasteiger partial charge in [-0.2, -0.15) is 0 Å². The van der Waals surface area contributed by atoms with Crippen LogP contribution in [0.5, 0.6) is 0 Å². The molecule has 0 aromatic heterocycles. The summed E-state index contributed by atoms with van der Waals surface area (Å²) >= 11 is 2.24. The minimum absolute atomic E-state index is 0.103. The minimum atomic E-state index is 0.103. The van der Waals surface area contributed by atoms with Gasteiger partial charge in [0.15, 0.2) is 5.78 Å². The Morgan fingerprint density at radius 1 is 1.11 bits per heavy atom. The van der Waals surface area contributed by atoms with Crippen LogP contribution < -0.4 is 0 Å². The van der Waals surface area contributed by atoms with Crippen LogP contribution >= 0.6 is 22.6 Å². The SMILES string of the molecule is CCc1ccc(C(=O)c2cccc(C)c2I)cc1. The number of rotatable bonds is 3. The predicted octanol–water partition coefficient (Wildman–Crippen LogP) is 4.39. The topological polar surface area (TPSA) is 17.1 Å². The molecule has 0 aliphatic heterocycles. The Labute approximate surface area is 121 Å². The van der Waals surface area contributed by atoms with Crippen molar-refractivity contribution in [1.82, 2.24) is 0 Å². The van der Waals surface area contributed by atoms with Crippen molar-refractivity contribution in [2.24, 2.45) is 0 Å². The molecule has 1 nitrogen and oxygen atoms in total. The van der Waals surface area contributed by atoms with Crippen LogP contribution in [0.1, 0.15) is 34.0 Å². The lowest BCUT2D eigenvalue weighted by molar-refractivity contribution is 0.103. The Kier molecular flexibility index (Phi) is 4.17. The smallest absolute Gasteiger partial charge is 0.194 e. The quantitative estimate of drug-likeness (QED) is 0.593. The second-order valence-corrected chi connectivity index (χ2v) is 5.39.